The number of anilines is 2. The number of hydroxylamine groups is 2. The second-order valence-corrected chi connectivity index (χ2v) is 7.56. The number of aryl methyl sites for hydroxylation is 1. The summed E-state index contributed by atoms with van der Waals surface area (Å²) in [5.41, 5.74) is 5.03. The summed E-state index contributed by atoms with van der Waals surface area (Å²) in [5.74, 6) is -0.906. The van der Waals surface area contributed by atoms with Crippen LogP contribution in [0.5, 0.6) is 0 Å². The zero-order valence-corrected chi connectivity index (χ0v) is 16.5. The van der Waals surface area contributed by atoms with Gasteiger partial charge in [-0.2, -0.15) is 4.39 Å². The number of carbonyl (C=O) groups excluding carboxylic acids is 2. The lowest BCUT2D eigenvalue weighted by Gasteiger charge is -2.23. The Morgan fingerprint density at radius 3 is 2.72 bits per heavy atom. The Morgan fingerprint density at radius 1 is 1.38 bits per heavy atom. The molecule has 158 valence electrons. The van der Waals surface area contributed by atoms with Crippen molar-refractivity contribution in [3.63, 3.8) is 0 Å². The Balaban J connectivity index is 1.67. The Hall–Kier alpha value is -2.75. The third-order valence-corrected chi connectivity index (χ3v) is 5.36. The van der Waals surface area contributed by atoms with Gasteiger partial charge in [0.05, 0.1) is 12.5 Å². The highest BCUT2D eigenvalue weighted by atomic mass is 19.1. The van der Waals surface area contributed by atoms with E-state index in [-0.39, 0.29) is 24.6 Å². The fourth-order valence-corrected chi connectivity index (χ4v) is 3.89. The molecule has 9 nitrogen and oxygen atoms in total. The fourth-order valence-electron chi connectivity index (χ4n) is 3.89. The van der Waals surface area contributed by atoms with Gasteiger partial charge in [-0.05, 0) is 19.3 Å². The minimum Gasteiger partial charge on any atom is -0.347 e. The van der Waals surface area contributed by atoms with E-state index in [0.29, 0.717) is 36.3 Å². The smallest absolute Gasteiger partial charge is 0.243 e. The summed E-state index contributed by atoms with van der Waals surface area (Å²) in [7, 11) is 0. The highest BCUT2D eigenvalue weighted by Gasteiger charge is 2.27. The van der Waals surface area contributed by atoms with Gasteiger partial charge in [0.2, 0.25) is 18.1 Å². The van der Waals surface area contributed by atoms with E-state index in [1.54, 1.807) is 11.8 Å². The summed E-state index contributed by atoms with van der Waals surface area (Å²) in [4.78, 5) is 33.4. The highest BCUT2D eigenvalue weighted by Crippen LogP contribution is 2.30. The third kappa shape index (κ3) is 5.41. The lowest BCUT2D eigenvalue weighted by Crippen LogP contribution is -2.41. The monoisotopic (exact) mass is 406 g/mol. The Kier molecular flexibility index (Phi) is 6.97. The Bertz CT molecular complexity index is 761. The standard InChI is InChI=1S/C19H27FN6O3/c1-13-21-17(16(20)18(22-13)25-8-4-5-9-25)23-24-19(28)15(11-26(29)12-27)10-14-6-2-3-7-14/h4-5,12,14-15,29H,2-3,6-11H2,1H3,(H,24,28)(H,21,22,23)/t15-/m1/s1. The lowest BCUT2D eigenvalue weighted by atomic mass is 9.92. The summed E-state index contributed by atoms with van der Waals surface area (Å²) in [6.45, 7) is 2.64. The molecule has 1 fully saturated rings. The molecular formula is C19H27FN6O3. The molecule has 29 heavy (non-hydrogen) atoms. The molecule has 0 spiro atoms. The van der Waals surface area contributed by atoms with Gasteiger partial charge in [0.15, 0.2) is 11.6 Å². The number of nitrogens with zero attached hydrogens (tertiary/aromatic N) is 4. The van der Waals surface area contributed by atoms with Crippen LogP contribution < -0.4 is 15.8 Å². The van der Waals surface area contributed by atoms with Crippen molar-refractivity contribution < 1.29 is 19.2 Å². The molecule has 1 aromatic rings. The number of hydrogen-bond donors (Lipinski definition) is 3. The molecule has 3 rings (SSSR count). The van der Waals surface area contributed by atoms with E-state index in [0.717, 1.165) is 25.7 Å². The maximum absolute atomic E-state index is 14.8. The van der Waals surface area contributed by atoms with E-state index in [1.807, 2.05) is 12.2 Å². The van der Waals surface area contributed by atoms with Crippen LogP contribution in [-0.4, -0.2) is 52.2 Å². The summed E-state index contributed by atoms with van der Waals surface area (Å²) in [6, 6.07) is 0. The first kappa shape index (κ1) is 21.0. The largest absolute Gasteiger partial charge is 0.347 e. The molecule has 1 saturated carbocycles. The molecule has 0 aromatic carbocycles. The second-order valence-electron chi connectivity index (χ2n) is 7.56. The van der Waals surface area contributed by atoms with E-state index in [9.17, 15) is 19.2 Å². The van der Waals surface area contributed by atoms with Gasteiger partial charge in [0.25, 0.3) is 0 Å². The van der Waals surface area contributed by atoms with Crippen molar-refractivity contribution in [1.82, 2.24) is 20.5 Å². The molecule has 1 aliphatic heterocycles. The molecule has 0 unspecified atom stereocenters. The van der Waals surface area contributed by atoms with E-state index in [4.69, 9.17) is 0 Å². The number of nitrogens with one attached hydrogen (secondary N) is 2. The van der Waals surface area contributed by atoms with Gasteiger partial charge in [-0.15, -0.1) is 0 Å². The van der Waals surface area contributed by atoms with Gasteiger partial charge < -0.3 is 4.90 Å². The average molecular weight is 406 g/mol. The number of hydrogen-bond acceptors (Lipinski definition) is 7. The Labute approximate surface area is 168 Å². The predicted molar refractivity (Wildman–Crippen MR) is 104 cm³/mol. The zero-order valence-electron chi connectivity index (χ0n) is 16.5. The minimum atomic E-state index is -0.649. The molecule has 1 aromatic heterocycles. The summed E-state index contributed by atoms with van der Waals surface area (Å²) in [6.07, 6.45) is 8.95. The topological polar surface area (TPSA) is 111 Å². The van der Waals surface area contributed by atoms with Crippen molar-refractivity contribution in [1.29, 1.82) is 0 Å². The van der Waals surface area contributed by atoms with Crippen LogP contribution in [0.1, 0.15) is 37.9 Å². The van der Waals surface area contributed by atoms with Gasteiger partial charge in [0, 0.05) is 13.1 Å². The van der Waals surface area contributed by atoms with Crippen molar-refractivity contribution in [3.05, 3.63) is 23.8 Å². The molecular weight excluding hydrogens is 379 g/mol. The number of carbonyl (C=O) groups is 2. The van der Waals surface area contributed by atoms with E-state index < -0.39 is 17.6 Å². The third-order valence-electron chi connectivity index (χ3n) is 5.36. The minimum absolute atomic E-state index is 0.122. The average Bonchev–Trinajstić information content (AvgIpc) is 3.41. The molecule has 2 aliphatic rings. The fraction of sp³-hybridized carbons (Fsp3) is 0.579. The number of amides is 2. The van der Waals surface area contributed by atoms with Crippen LogP contribution in [0, 0.1) is 24.6 Å². The lowest BCUT2D eigenvalue weighted by molar-refractivity contribution is -0.154. The normalized spacial score (nSPS) is 17.4. The molecule has 1 atom stereocenters. The van der Waals surface area contributed by atoms with E-state index >= 15 is 0 Å². The van der Waals surface area contributed by atoms with Crippen molar-refractivity contribution in [2.24, 2.45) is 11.8 Å². The van der Waals surface area contributed by atoms with Gasteiger partial charge in [-0.3, -0.25) is 25.6 Å². The van der Waals surface area contributed by atoms with E-state index in [1.165, 1.54) is 0 Å². The first-order chi connectivity index (χ1) is 14.0. The van der Waals surface area contributed by atoms with Crippen molar-refractivity contribution >= 4 is 24.0 Å². The van der Waals surface area contributed by atoms with Crippen LogP contribution in [-0.2, 0) is 9.59 Å². The number of rotatable bonds is 9. The highest BCUT2D eigenvalue weighted by molar-refractivity contribution is 5.80. The van der Waals surface area contributed by atoms with Crippen LogP contribution in [0.25, 0.3) is 0 Å². The quantitative estimate of drug-likeness (QED) is 0.248. The molecule has 0 radical (unpaired) electrons. The summed E-state index contributed by atoms with van der Waals surface area (Å²) < 4.78 is 14.8. The summed E-state index contributed by atoms with van der Waals surface area (Å²) >= 11 is 0. The van der Waals surface area contributed by atoms with E-state index in [2.05, 4.69) is 20.8 Å². The van der Waals surface area contributed by atoms with Gasteiger partial charge in [0.1, 0.15) is 5.82 Å². The first-order valence-electron chi connectivity index (χ1n) is 9.88. The predicted octanol–water partition coefficient (Wildman–Crippen LogP) is 1.79. The SMILES string of the molecule is Cc1nc(NNC(=O)[C@H](CC2CCCC2)CN(O)C=O)c(F)c(N2CC=CC2)n1. The van der Waals surface area contributed by atoms with Crippen molar-refractivity contribution in [2.45, 2.75) is 39.0 Å². The zero-order chi connectivity index (χ0) is 20.8. The van der Waals surface area contributed by atoms with Crippen LogP contribution in [0.15, 0.2) is 12.2 Å². The van der Waals surface area contributed by atoms with Crippen LogP contribution in [0.3, 0.4) is 0 Å². The molecule has 2 heterocycles. The van der Waals surface area contributed by atoms with Gasteiger partial charge >= 0.3 is 0 Å². The molecule has 3 N–H and O–H groups in total. The molecule has 0 bridgehead atoms. The first-order valence-corrected chi connectivity index (χ1v) is 9.88. The second kappa shape index (κ2) is 9.64. The molecule has 0 saturated heterocycles. The Morgan fingerprint density at radius 2 is 2.07 bits per heavy atom. The number of hydrazine groups is 1. The molecule has 10 heteroatoms. The molecule has 1 aliphatic carbocycles. The number of aromatic nitrogens is 2. The molecule has 2 amide bonds. The van der Waals surface area contributed by atoms with Gasteiger partial charge in [-0.25, -0.2) is 15.0 Å². The maximum atomic E-state index is 14.8. The van der Waals surface area contributed by atoms with Crippen LogP contribution in [0.4, 0.5) is 16.0 Å². The maximum Gasteiger partial charge on any atom is 0.243 e. The van der Waals surface area contributed by atoms with Crippen molar-refractivity contribution in [3.8, 4) is 0 Å². The number of halogens is 1. The summed E-state index contributed by atoms with van der Waals surface area (Å²) in [5, 5.41) is 10.0. The van der Waals surface area contributed by atoms with Gasteiger partial charge in [-0.1, -0.05) is 37.8 Å². The van der Waals surface area contributed by atoms with Crippen molar-refractivity contribution in [2.75, 3.05) is 30.0 Å². The van der Waals surface area contributed by atoms with Crippen LogP contribution in [0.2, 0.25) is 0 Å². The van der Waals surface area contributed by atoms with Crippen LogP contribution >= 0.6 is 0 Å².